The number of H-pyrrole nitrogens is 2. The number of para-hydroxylation sites is 1. The van der Waals surface area contributed by atoms with Crippen LogP contribution < -0.4 is 86.7 Å². The molecule has 3 rings (SSSR count). The van der Waals surface area contributed by atoms with E-state index in [9.17, 15) is 81.8 Å². The average molecular weight is 1460 g/mol. The van der Waals surface area contributed by atoms with Crippen molar-refractivity contribution in [3.63, 3.8) is 0 Å². The fourth-order valence-corrected chi connectivity index (χ4v) is 11.0. The third-order valence-electron chi connectivity index (χ3n) is 14.9. The third-order valence-corrected chi connectivity index (χ3v) is 16.6. The molecule has 1 aromatic carbocycles. The molecule has 2 aromatic heterocycles. The van der Waals surface area contributed by atoms with Gasteiger partial charge in [-0.3, -0.25) is 76.7 Å². The summed E-state index contributed by atoms with van der Waals surface area (Å²) in [4.78, 5) is 223. The highest BCUT2D eigenvalue weighted by molar-refractivity contribution is 8.00. The number of fused-ring (bicyclic) bond motifs is 1. The fraction of sp³-hybridized carbons (Fsp3) is 0.565. The van der Waals surface area contributed by atoms with E-state index in [2.05, 4.69) is 78.8 Å². The summed E-state index contributed by atoms with van der Waals surface area (Å²) < 4.78 is 0. The predicted octanol–water partition coefficient (Wildman–Crippen LogP) is -6.98. The molecule has 0 saturated heterocycles. The number of rotatable bonds is 47. The van der Waals surface area contributed by atoms with E-state index in [1.54, 1.807) is 58.4 Å². The smallest absolute Gasteiger partial charge is 0.245 e. The van der Waals surface area contributed by atoms with Crippen LogP contribution in [0.3, 0.4) is 0 Å². The summed E-state index contributed by atoms with van der Waals surface area (Å²) in [6, 6.07) is -7.21. The predicted molar refractivity (Wildman–Crippen MR) is 371 cm³/mol. The molecule has 10 atom stereocenters. The zero-order valence-electron chi connectivity index (χ0n) is 57.6. The second-order valence-electron chi connectivity index (χ2n) is 24.6. The minimum Gasteiger partial charge on any atom is -0.394 e. The number of imidazole rings is 1. The Labute approximate surface area is 591 Å². The van der Waals surface area contributed by atoms with E-state index in [0.29, 0.717) is 27.9 Å². The molecule has 0 radical (unpaired) electrons. The SMILES string of the molecule is CSCC[C@H](NC(=O)[C@H](CC(C)C)NC(=O)[C@H](Cc1cnc[nH]1)NC(=O)CNC(=O)[C@@H](NC(=O)[C@H](C)NC(=O)[C@H](Cc1c[nH]c2ccccc12)NC(=O)[C@H](CCC(N)=O)NC(=O)CCNC(=O)[C@H](CC(N)=O)NC(=O)[C@H](CSCC(N)=O)NC(=O)[C@H](CO)NC(=O)CN(C)C)C(C)C)C(N)=O. The Hall–Kier alpha value is -9.89. The van der Waals surface area contributed by atoms with E-state index < -0.39 is 206 Å². The van der Waals surface area contributed by atoms with Gasteiger partial charge in [-0.05, 0) is 75.8 Å². The Kier molecular flexibility index (Phi) is 36.8. The number of nitrogens with one attached hydrogen (secondary N) is 14. The molecule has 39 heteroatoms. The van der Waals surface area contributed by atoms with Crippen LogP contribution in [-0.2, 0) is 89.6 Å². The van der Waals surface area contributed by atoms with Gasteiger partial charge >= 0.3 is 0 Å². The topological polar surface area (TPSA) is 589 Å². The minimum atomic E-state index is -1.73. The molecular formula is C62H96N20O17S2. The van der Waals surface area contributed by atoms with Crippen LogP contribution >= 0.6 is 23.5 Å². The van der Waals surface area contributed by atoms with Gasteiger partial charge in [0.1, 0.15) is 60.4 Å². The van der Waals surface area contributed by atoms with Crippen LogP contribution in [0, 0.1) is 11.8 Å². The molecule has 37 nitrogen and oxygen atoms in total. The van der Waals surface area contributed by atoms with Crippen molar-refractivity contribution in [3.8, 4) is 0 Å². The quantitative estimate of drug-likeness (QED) is 0.0250. The highest BCUT2D eigenvalue weighted by atomic mass is 32.2. The molecule has 0 aliphatic carbocycles. The molecular weight excluding hydrogens is 1360 g/mol. The van der Waals surface area contributed by atoms with Gasteiger partial charge in [0.25, 0.3) is 0 Å². The second-order valence-corrected chi connectivity index (χ2v) is 26.6. The molecule has 0 aliphatic rings. The lowest BCUT2D eigenvalue weighted by Gasteiger charge is -2.26. The van der Waals surface area contributed by atoms with Crippen LogP contribution in [0.1, 0.15) is 84.4 Å². The number of hydrogen-bond donors (Lipinski definition) is 19. The van der Waals surface area contributed by atoms with Crippen molar-refractivity contribution >= 4 is 129 Å². The molecule has 23 N–H and O–H groups in total. The summed E-state index contributed by atoms with van der Waals surface area (Å²) in [5.41, 5.74) is 23.2. The van der Waals surface area contributed by atoms with Gasteiger partial charge in [-0.2, -0.15) is 11.8 Å². The van der Waals surface area contributed by atoms with E-state index in [4.69, 9.17) is 22.9 Å². The summed E-state index contributed by atoms with van der Waals surface area (Å²) in [6.45, 7) is 5.82. The number of likely N-dealkylation sites (N-methyl/N-ethyl adjacent to an activating group) is 1. The third kappa shape index (κ3) is 31.5. The van der Waals surface area contributed by atoms with Gasteiger partial charge in [0.2, 0.25) is 94.5 Å². The second kappa shape index (κ2) is 43.6. The summed E-state index contributed by atoms with van der Waals surface area (Å²) in [5.74, 6) is -15.1. The number of primary amides is 4. The van der Waals surface area contributed by atoms with Crippen molar-refractivity contribution < 1.29 is 81.8 Å². The summed E-state index contributed by atoms with van der Waals surface area (Å²) >= 11 is 2.25. The molecule has 558 valence electrons. The van der Waals surface area contributed by atoms with Crippen LogP contribution in [0.4, 0.5) is 0 Å². The average Bonchev–Trinajstić information content (AvgIpc) is 1.72. The number of aromatic nitrogens is 3. The maximum Gasteiger partial charge on any atom is 0.245 e. The normalized spacial score (nSPS) is 14.1. The number of nitrogens with zero attached hydrogens (tertiary/aromatic N) is 2. The molecule has 2 heterocycles. The summed E-state index contributed by atoms with van der Waals surface area (Å²) in [6.07, 6.45) is 3.93. The van der Waals surface area contributed by atoms with Crippen LogP contribution in [0.5, 0.6) is 0 Å². The lowest BCUT2D eigenvalue weighted by Crippen LogP contribution is -2.59. The molecule has 0 aliphatic heterocycles. The Morgan fingerprint density at radius 3 is 1.75 bits per heavy atom. The van der Waals surface area contributed by atoms with Crippen LogP contribution in [-0.4, -0.2) is 244 Å². The lowest BCUT2D eigenvalue weighted by molar-refractivity contribution is -0.135. The van der Waals surface area contributed by atoms with Crippen molar-refractivity contribution in [1.82, 2.24) is 83.7 Å². The first-order valence-electron chi connectivity index (χ1n) is 32.2. The van der Waals surface area contributed by atoms with Crippen molar-refractivity contribution in [2.24, 2.45) is 34.8 Å². The van der Waals surface area contributed by atoms with Gasteiger partial charge in [0.15, 0.2) is 0 Å². The first-order chi connectivity index (χ1) is 47.6. The molecule has 3 aromatic rings. The number of benzene rings is 1. The number of thioether (sulfide) groups is 2. The molecule has 16 amide bonds. The van der Waals surface area contributed by atoms with Gasteiger partial charge in [-0.15, -0.1) is 11.8 Å². The lowest BCUT2D eigenvalue weighted by atomic mass is 10.0. The molecule has 101 heavy (non-hydrogen) atoms. The van der Waals surface area contributed by atoms with Crippen molar-refractivity contribution in [2.75, 3.05) is 63.9 Å². The van der Waals surface area contributed by atoms with Gasteiger partial charge in [-0.25, -0.2) is 4.98 Å². The zero-order valence-corrected chi connectivity index (χ0v) is 59.2. The van der Waals surface area contributed by atoms with Crippen LogP contribution in [0.25, 0.3) is 10.9 Å². The maximum atomic E-state index is 14.4. The number of carbonyl (C=O) groups is 16. The minimum absolute atomic E-state index is 0.118. The maximum absolute atomic E-state index is 14.4. The first-order valence-corrected chi connectivity index (χ1v) is 34.7. The van der Waals surface area contributed by atoms with E-state index in [-0.39, 0.29) is 49.7 Å². The largest absolute Gasteiger partial charge is 0.394 e. The van der Waals surface area contributed by atoms with Crippen molar-refractivity contribution in [3.05, 3.63) is 54.2 Å². The highest BCUT2D eigenvalue weighted by Crippen LogP contribution is 2.20. The fourth-order valence-electron chi connectivity index (χ4n) is 9.69. The summed E-state index contributed by atoms with van der Waals surface area (Å²) in [5, 5.41) is 40.3. The van der Waals surface area contributed by atoms with Gasteiger partial charge in [0, 0.05) is 67.0 Å². The first kappa shape index (κ1) is 85.3. The number of carbonyl (C=O) groups excluding carboxylic acids is 16. The number of nitrogens with two attached hydrogens (primary N) is 4. The Morgan fingerprint density at radius 1 is 0.564 bits per heavy atom. The number of aliphatic hydroxyl groups excluding tert-OH is 1. The van der Waals surface area contributed by atoms with E-state index in [1.807, 2.05) is 20.1 Å². The van der Waals surface area contributed by atoms with Gasteiger partial charge in [0.05, 0.1) is 38.2 Å². The van der Waals surface area contributed by atoms with E-state index in [1.165, 1.54) is 36.1 Å². The summed E-state index contributed by atoms with van der Waals surface area (Å²) in [7, 11) is 3.16. The van der Waals surface area contributed by atoms with Crippen molar-refractivity contribution in [1.29, 1.82) is 0 Å². The van der Waals surface area contributed by atoms with Gasteiger partial charge in [-0.1, -0.05) is 45.9 Å². The Morgan fingerprint density at radius 2 is 1.15 bits per heavy atom. The van der Waals surface area contributed by atoms with Crippen molar-refractivity contribution in [2.45, 2.75) is 146 Å². The Bertz CT molecular complexity index is 3370. The van der Waals surface area contributed by atoms with Gasteiger partial charge < -0.3 is 107 Å². The number of amides is 16. The number of aromatic amines is 2. The molecule has 0 spiro atoms. The zero-order chi connectivity index (χ0) is 75.6. The van der Waals surface area contributed by atoms with Crippen LogP contribution in [0.15, 0.2) is 43.0 Å². The molecule has 0 saturated carbocycles. The Balaban J connectivity index is 1.78. The molecule has 0 unspecified atom stereocenters. The monoisotopic (exact) mass is 1460 g/mol. The van der Waals surface area contributed by atoms with E-state index >= 15 is 0 Å². The highest BCUT2D eigenvalue weighted by Gasteiger charge is 2.36. The van der Waals surface area contributed by atoms with Crippen LogP contribution in [0.2, 0.25) is 0 Å². The standard InChI is InChI=1S/C62H96N20O17S2/c1-31(2)19-40(58(95)76-38(53(66)90)16-18-100-8)77-59(96)42(21-35-24-67-30-71-35)74-50(88)25-70-62(99)52(32(3)4)81-54(91)33(5)72-57(94)41(20-34-23-69-37-12-10-9-11-36(34)37)78-56(93)39(13-14-46(63)84)73-49(87)15-17-68-55(92)43(22-47(64)85)79-61(98)45(28-101-29-48(65)86)80-60(97)44(27-83)75-51(89)26-82(6)7/h9-12,23-24,30-33,38-45,52,69,83H,13-22,25-29H2,1-8H3,(H2,63,84)(H2,64,85)(H2,65,86)(H2,66,90)(H,67,71)(H,68,92)(H,70,99)(H,72,94)(H,73,87)(H,74,88)(H,75,89)(H,76,95)(H,77,96)(H,78,93)(H,79,98)(H,80,97)(H,81,91)/t33-,38-,39-,40-,41-,42-,43-,44-,45-,52-/m0/s1. The van der Waals surface area contributed by atoms with E-state index in [0.717, 1.165) is 11.8 Å². The molecule has 0 fully saturated rings. The number of hydrogen-bond acceptors (Lipinski definition) is 21. The number of aliphatic hydroxyl groups is 1. The molecule has 0 bridgehead atoms.